The molecule has 0 spiro atoms. The van der Waals surface area contributed by atoms with Crippen LogP contribution < -0.4 is 0 Å². The summed E-state index contributed by atoms with van der Waals surface area (Å²) in [6.45, 7) is 1.93. The molecule has 2 fully saturated rings. The molecular weight excluding hydrogens is 460 g/mol. The largest absolute Gasteiger partial charge is 0.464 e. The average molecular weight is 491 g/mol. The summed E-state index contributed by atoms with van der Waals surface area (Å²) in [4.78, 5) is 22.5. The van der Waals surface area contributed by atoms with Crippen molar-refractivity contribution in [2.75, 3.05) is 33.0 Å². The lowest BCUT2D eigenvalue weighted by Gasteiger charge is -2.14. The lowest BCUT2D eigenvalue weighted by Crippen LogP contribution is -2.29. The van der Waals surface area contributed by atoms with Crippen LogP contribution in [0, 0.1) is 0 Å². The summed E-state index contributed by atoms with van der Waals surface area (Å²) in [5, 5.41) is 16.7. The molecule has 2 aromatic rings. The summed E-state index contributed by atoms with van der Waals surface area (Å²) < 4.78 is 32.3. The number of esters is 2. The Kier molecular flexibility index (Phi) is 10.6. The highest BCUT2D eigenvalue weighted by Gasteiger charge is 2.35. The molecule has 0 radical (unpaired) electrons. The minimum Gasteiger partial charge on any atom is -0.464 e. The maximum atomic E-state index is 12.2. The van der Waals surface area contributed by atoms with E-state index in [1.165, 1.54) is 0 Å². The fraction of sp³-hybridized carbons (Fsp3) is 0.440. The van der Waals surface area contributed by atoms with Crippen molar-refractivity contribution in [2.45, 2.75) is 37.8 Å². The Morgan fingerprint density at radius 2 is 1.49 bits per heavy atom. The fourth-order valence-corrected chi connectivity index (χ4v) is 3.21. The fourth-order valence-electron chi connectivity index (χ4n) is 3.21. The van der Waals surface area contributed by atoms with E-state index in [1.54, 1.807) is 6.92 Å². The van der Waals surface area contributed by atoms with Crippen molar-refractivity contribution in [1.82, 2.24) is 0 Å². The van der Waals surface area contributed by atoms with Crippen LogP contribution in [0.25, 0.3) is 0 Å². The molecule has 35 heavy (non-hydrogen) atoms. The SMILES string of the molecule is CCOC(=O)C(O)CO.O=C(OCC1COC(c2ccccc2)O1)C1COC(c2ccccc2)O1. The lowest BCUT2D eigenvalue weighted by atomic mass is 10.2. The molecule has 2 aliphatic rings. The molecule has 0 aliphatic carbocycles. The second-order valence-corrected chi connectivity index (χ2v) is 7.62. The van der Waals surface area contributed by atoms with Gasteiger partial charge in [0.15, 0.2) is 24.8 Å². The molecule has 2 N–H and O–H groups in total. The van der Waals surface area contributed by atoms with Gasteiger partial charge in [-0.2, -0.15) is 0 Å². The number of aliphatic hydroxyl groups is 2. The third kappa shape index (κ3) is 8.10. The minimum atomic E-state index is -1.38. The van der Waals surface area contributed by atoms with Crippen molar-refractivity contribution >= 4 is 11.9 Å². The van der Waals surface area contributed by atoms with Crippen molar-refractivity contribution < 1.29 is 48.2 Å². The molecule has 0 aromatic heterocycles. The highest BCUT2D eigenvalue weighted by atomic mass is 16.7. The number of hydrogen-bond donors (Lipinski definition) is 2. The molecule has 2 aromatic carbocycles. The first-order valence-electron chi connectivity index (χ1n) is 11.3. The van der Waals surface area contributed by atoms with Crippen LogP contribution in [0.2, 0.25) is 0 Å². The standard InChI is InChI=1S/C20H20O6.C5H10O4/c21-18(17-13-24-20(26-17)15-9-5-2-6-10-15)22-11-16-12-23-19(25-16)14-7-3-1-4-8-14;1-2-9-5(8)4(7)3-6/h1-10,16-17,19-20H,11-13H2;4,6-7H,2-3H2,1H3. The molecule has 10 nitrogen and oxygen atoms in total. The van der Waals surface area contributed by atoms with E-state index in [1.807, 2.05) is 60.7 Å². The van der Waals surface area contributed by atoms with Gasteiger partial charge < -0.3 is 38.6 Å². The van der Waals surface area contributed by atoms with Gasteiger partial charge in [0.25, 0.3) is 0 Å². The van der Waals surface area contributed by atoms with E-state index >= 15 is 0 Å². The Morgan fingerprint density at radius 1 is 0.914 bits per heavy atom. The van der Waals surface area contributed by atoms with Gasteiger partial charge in [-0.05, 0) is 6.92 Å². The summed E-state index contributed by atoms with van der Waals surface area (Å²) in [7, 11) is 0. The van der Waals surface area contributed by atoms with E-state index < -0.39 is 43.3 Å². The van der Waals surface area contributed by atoms with Gasteiger partial charge in [-0.25, -0.2) is 9.59 Å². The molecule has 0 bridgehead atoms. The monoisotopic (exact) mass is 490 g/mol. The predicted molar refractivity (Wildman–Crippen MR) is 121 cm³/mol. The summed E-state index contributed by atoms with van der Waals surface area (Å²) in [6, 6.07) is 19.2. The topological polar surface area (TPSA) is 130 Å². The van der Waals surface area contributed by atoms with Crippen LogP contribution in [0.4, 0.5) is 0 Å². The van der Waals surface area contributed by atoms with E-state index in [0.29, 0.717) is 6.61 Å². The first-order chi connectivity index (χ1) is 17.0. The third-order valence-electron chi connectivity index (χ3n) is 4.99. The summed E-state index contributed by atoms with van der Waals surface area (Å²) in [5.74, 6) is -1.23. The molecule has 2 heterocycles. The molecule has 2 saturated heterocycles. The zero-order chi connectivity index (χ0) is 25.0. The van der Waals surface area contributed by atoms with Gasteiger partial charge in [0.2, 0.25) is 0 Å². The Balaban J connectivity index is 0.000000327. The Hall–Kier alpha value is -2.86. The first kappa shape index (κ1) is 26.7. The molecule has 2 aliphatic heterocycles. The first-order valence-corrected chi connectivity index (χ1v) is 11.3. The smallest absolute Gasteiger partial charge is 0.337 e. The lowest BCUT2D eigenvalue weighted by molar-refractivity contribution is -0.161. The number of aliphatic hydroxyl groups excluding tert-OH is 2. The molecule has 10 heteroatoms. The van der Waals surface area contributed by atoms with Gasteiger partial charge in [-0.15, -0.1) is 0 Å². The van der Waals surface area contributed by atoms with Crippen LogP contribution in [0.1, 0.15) is 30.6 Å². The van der Waals surface area contributed by atoms with E-state index in [-0.39, 0.29) is 25.9 Å². The zero-order valence-corrected chi connectivity index (χ0v) is 19.4. The number of ether oxygens (including phenoxy) is 6. The van der Waals surface area contributed by atoms with Crippen molar-refractivity contribution in [3.8, 4) is 0 Å². The van der Waals surface area contributed by atoms with Crippen molar-refractivity contribution in [3.63, 3.8) is 0 Å². The molecule has 0 amide bonds. The molecular formula is C25H30O10. The normalized spacial score (nSPS) is 24.2. The van der Waals surface area contributed by atoms with Crippen LogP contribution in [0.3, 0.4) is 0 Å². The second kappa shape index (κ2) is 13.9. The molecule has 0 saturated carbocycles. The van der Waals surface area contributed by atoms with Gasteiger partial charge >= 0.3 is 11.9 Å². The zero-order valence-electron chi connectivity index (χ0n) is 19.4. The number of hydrogen-bond acceptors (Lipinski definition) is 10. The Bertz CT molecular complexity index is 907. The van der Waals surface area contributed by atoms with E-state index in [4.69, 9.17) is 33.9 Å². The predicted octanol–water partition coefficient (Wildman–Crippen LogP) is 1.66. The van der Waals surface area contributed by atoms with Gasteiger partial charge in [0.1, 0.15) is 12.7 Å². The Labute approximate surface area is 203 Å². The number of benzene rings is 2. The van der Waals surface area contributed by atoms with Crippen molar-refractivity contribution in [3.05, 3.63) is 71.8 Å². The maximum Gasteiger partial charge on any atom is 0.337 e. The van der Waals surface area contributed by atoms with E-state index in [2.05, 4.69) is 4.74 Å². The van der Waals surface area contributed by atoms with Crippen molar-refractivity contribution in [2.24, 2.45) is 0 Å². The summed E-state index contributed by atoms with van der Waals surface area (Å²) in [6.07, 6.45) is -3.37. The number of carbonyl (C=O) groups is 2. The van der Waals surface area contributed by atoms with Gasteiger partial charge in [0.05, 0.1) is 26.4 Å². The highest BCUT2D eigenvalue weighted by molar-refractivity contribution is 5.75. The van der Waals surface area contributed by atoms with Crippen LogP contribution >= 0.6 is 0 Å². The third-order valence-corrected chi connectivity index (χ3v) is 4.99. The van der Waals surface area contributed by atoms with Crippen LogP contribution in [0.5, 0.6) is 0 Å². The Morgan fingerprint density at radius 3 is 2.06 bits per heavy atom. The highest BCUT2D eigenvalue weighted by Crippen LogP contribution is 2.29. The molecule has 4 rings (SSSR count). The van der Waals surface area contributed by atoms with Crippen LogP contribution in [-0.4, -0.2) is 73.5 Å². The molecule has 5 unspecified atom stereocenters. The minimum absolute atomic E-state index is 0.123. The van der Waals surface area contributed by atoms with Crippen LogP contribution in [-0.2, 0) is 38.0 Å². The number of carbonyl (C=O) groups excluding carboxylic acids is 2. The maximum absolute atomic E-state index is 12.2. The average Bonchev–Trinajstić information content (AvgIpc) is 3.59. The van der Waals surface area contributed by atoms with Gasteiger partial charge in [0, 0.05) is 11.1 Å². The van der Waals surface area contributed by atoms with E-state index in [9.17, 15) is 9.59 Å². The summed E-state index contributed by atoms with van der Waals surface area (Å²) >= 11 is 0. The molecule has 190 valence electrons. The molecule has 5 atom stereocenters. The van der Waals surface area contributed by atoms with Crippen LogP contribution in [0.15, 0.2) is 60.7 Å². The van der Waals surface area contributed by atoms with Gasteiger partial charge in [-0.3, -0.25) is 0 Å². The van der Waals surface area contributed by atoms with Gasteiger partial charge in [-0.1, -0.05) is 60.7 Å². The number of rotatable bonds is 8. The second-order valence-electron chi connectivity index (χ2n) is 7.62. The summed E-state index contributed by atoms with van der Waals surface area (Å²) in [5.41, 5.74) is 1.82. The quantitative estimate of drug-likeness (QED) is 0.527. The van der Waals surface area contributed by atoms with E-state index in [0.717, 1.165) is 11.1 Å². The van der Waals surface area contributed by atoms with Crippen molar-refractivity contribution in [1.29, 1.82) is 0 Å².